The standard InChI is InChI=1S/C13H20N2O2/c1-9-13(17-8-11-5-6-16-7-11)10(2)15(14-9)12-3-4-12/h11-12H,3-8H2,1-2H3. The van der Waals surface area contributed by atoms with Crippen molar-refractivity contribution in [2.75, 3.05) is 19.8 Å². The Balaban J connectivity index is 1.68. The Morgan fingerprint density at radius 1 is 1.35 bits per heavy atom. The van der Waals surface area contributed by atoms with Crippen molar-refractivity contribution in [3.63, 3.8) is 0 Å². The lowest BCUT2D eigenvalue weighted by atomic mass is 10.1. The van der Waals surface area contributed by atoms with Crippen molar-refractivity contribution in [1.29, 1.82) is 0 Å². The highest BCUT2D eigenvalue weighted by atomic mass is 16.5. The van der Waals surface area contributed by atoms with Crippen molar-refractivity contribution in [2.45, 2.75) is 39.2 Å². The molecule has 0 spiro atoms. The molecule has 1 aliphatic heterocycles. The predicted molar refractivity (Wildman–Crippen MR) is 64.4 cm³/mol. The monoisotopic (exact) mass is 236 g/mol. The van der Waals surface area contributed by atoms with E-state index in [1.165, 1.54) is 18.5 Å². The van der Waals surface area contributed by atoms with Crippen molar-refractivity contribution < 1.29 is 9.47 Å². The molecule has 94 valence electrons. The summed E-state index contributed by atoms with van der Waals surface area (Å²) in [7, 11) is 0. The van der Waals surface area contributed by atoms with E-state index >= 15 is 0 Å². The molecule has 1 saturated heterocycles. The summed E-state index contributed by atoms with van der Waals surface area (Å²) in [5, 5.41) is 4.58. The first kappa shape index (κ1) is 11.1. The maximum Gasteiger partial charge on any atom is 0.163 e. The van der Waals surface area contributed by atoms with Gasteiger partial charge in [-0.05, 0) is 33.1 Å². The Morgan fingerprint density at radius 2 is 2.18 bits per heavy atom. The largest absolute Gasteiger partial charge is 0.489 e. The topological polar surface area (TPSA) is 36.3 Å². The van der Waals surface area contributed by atoms with Gasteiger partial charge >= 0.3 is 0 Å². The molecule has 0 N–H and O–H groups in total. The van der Waals surface area contributed by atoms with E-state index in [1.807, 2.05) is 6.92 Å². The van der Waals surface area contributed by atoms with Crippen LogP contribution in [0.15, 0.2) is 0 Å². The first-order valence-electron chi connectivity index (χ1n) is 6.52. The molecule has 0 aromatic carbocycles. The Morgan fingerprint density at radius 3 is 2.82 bits per heavy atom. The van der Waals surface area contributed by atoms with E-state index < -0.39 is 0 Å². The molecule has 17 heavy (non-hydrogen) atoms. The summed E-state index contributed by atoms with van der Waals surface area (Å²) in [6, 6.07) is 0.626. The average molecular weight is 236 g/mol. The van der Waals surface area contributed by atoms with Crippen LogP contribution in [0.2, 0.25) is 0 Å². The number of hydrogen-bond donors (Lipinski definition) is 0. The molecule has 1 aromatic rings. The predicted octanol–water partition coefficient (Wildman–Crippen LogP) is 2.25. The van der Waals surface area contributed by atoms with Gasteiger partial charge in [0.2, 0.25) is 0 Å². The second kappa shape index (κ2) is 4.33. The van der Waals surface area contributed by atoms with Crippen LogP contribution >= 0.6 is 0 Å². The zero-order valence-electron chi connectivity index (χ0n) is 10.6. The second-order valence-corrected chi connectivity index (χ2v) is 5.22. The summed E-state index contributed by atoms with van der Waals surface area (Å²) in [6.07, 6.45) is 3.64. The average Bonchev–Trinajstić information content (AvgIpc) is 2.95. The van der Waals surface area contributed by atoms with E-state index in [0.717, 1.165) is 37.7 Å². The number of rotatable bonds is 4. The summed E-state index contributed by atoms with van der Waals surface area (Å²) in [5.41, 5.74) is 2.21. The van der Waals surface area contributed by atoms with Crippen LogP contribution in [-0.2, 0) is 4.74 Å². The second-order valence-electron chi connectivity index (χ2n) is 5.22. The highest BCUT2D eigenvalue weighted by Crippen LogP contribution is 2.38. The highest BCUT2D eigenvalue weighted by Gasteiger charge is 2.28. The molecule has 2 heterocycles. The lowest BCUT2D eigenvalue weighted by molar-refractivity contribution is 0.166. The van der Waals surface area contributed by atoms with E-state index in [9.17, 15) is 0 Å². The van der Waals surface area contributed by atoms with E-state index in [4.69, 9.17) is 9.47 Å². The van der Waals surface area contributed by atoms with Crippen molar-refractivity contribution in [3.05, 3.63) is 11.4 Å². The van der Waals surface area contributed by atoms with Crippen LogP contribution in [0, 0.1) is 19.8 Å². The number of hydrogen-bond acceptors (Lipinski definition) is 3. The Kier molecular flexibility index (Phi) is 2.82. The van der Waals surface area contributed by atoms with Gasteiger partial charge in [-0.25, -0.2) is 0 Å². The number of aromatic nitrogens is 2. The maximum atomic E-state index is 5.95. The molecule has 4 heteroatoms. The van der Waals surface area contributed by atoms with Crippen molar-refractivity contribution in [3.8, 4) is 5.75 Å². The number of ether oxygens (including phenoxy) is 2. The van der Waals surface area contributed by atoms with Crippen LogP contribution in [0.3, 0.4) is 0 Å². The zero-order valence-corrected chi connectivity index (χ0v) is 10.6. The van der Waals surface area contributed by atoms with Crippen LogP contribution < -0.4 is 4.74 Å². The van der Waals surface area contributed by atoms with Gasteiger partial charge < -0.3 is 9.47 Å². The Labute approximate surface area is 102 Å². The smallest absolute Gasteiger partial charge is 0.163 e. The van der Waals surface area contributed by atoms with Gasteiger partial charge in [0.1, 0.15) is 5.69 Å². The molecule has 2 aliphatic rings. The molecule has 1 unspecified atom stereocenters. The summed E-state index contributed by atoms with van der Waals surface area (Å²) in [5.74, 6) is 1.54. The molecule has 4 nitrogen and oxygen atoms in total. The van der Waals surface area contributed by atoms with Crippen LogP contribution in [0.4, 0.5) is 0 Å². The van der Waals surface area contributed by atoms with Gasteiger partial charge in [0.15, 0.2) is 5.75 Å². The lowest BCUT2D eigenvalue weighted by Crippen LogP contribution is -2.12. The fourth-order valence-corrected chi connectivity index (χ4v) is 2.45. The molecule has 0 radical (unpaired) electrons. The number of nitrogens with zero attached hydrogens (tertiary/aromatic N) is 2. The van der Waals surface area contributed by atoms with Gasteiger partial charge in [-0.2, -0.15) is 5.10 Å². The van der Waals surface area contributed by atoms with Gasteiger partial charge in [0.25, 0.3) is 0 Å². The quantitative estimate of drug-likeness (QED) is 0.804. The molecule has 1 aliphatic carbocycles. The summed E-state index contributed by atoms with van der Waals surface area (Å²) in [4.78, 5) is 0. The minimum absolute atomic E-state index is 0.554. The van der Waals surface area contributed by atoms with E-state index in [0.29, 0.717) is 12.0 Å². The zero-order chi connectivity index (χ0) is 11.8. The third-order valence-electron chi connectivity index (χ3n) is 3.64. The summed E-state index contributed by atoms with van der Waals surface area (Å²) < 4.78 is 13.4. The van der Waals surface area contributed by atoms with Crippen LogP contribution in [0.5, 0.6) is 5.75 Å². The third kappa shape index (κ3) is 2.18. The molecule has 0 amide bonds. The molecule has 0 bridgehead atoms. The van der Waals surface area contributed by atoms with Gasteiger partial charge in [0, 0.05) is 12.5 Å². The normalized spacial score (nSPS) is 24.2. The van der Waals surface area contributed by atoms with Gasteiger partial charge in [-0.15, -0.1) is 0 Å². The lowest BCUT2D eigenvalue weighted by Gasteiger charge is -2.10. The van der Waals surface area contributed by atoms with Crippen LogP contribution in [-0.4, -0.2) is 29.6 Å². The molecule has 1 atom stereocenters. The molecule has 2 fully saturated rings. The third-order valence-corrected chi connectivity index (χ3v) is 3.64. The SMILES string of the molecule is Cc1nn(C2CC2)c(C)c1OCC1CCOC1. The van der Waals surface area contributed by atoms with Crippen molar-refractivity contribution >= 4 is 0 Å². The Hall–Kier alpha value is -1.03. The van der Waals surface area contributed by atoms with E-state index in [2.05, 4.69) is 16.7 Å². The van der Waals surface area contributed by atoms with Crippen LogP contribution in [0.1, 0.15) is 36.7 Å². The fraction of sp³-hybridized carbons (Fsp3) is 0.769. The molecule has 1 aromatic heterocycles. The van der Waals surface area contributed by atoms with E-state index in [-0.39, 0.29) is 0 Å². The molecular formula is C13H20N2O2. The summed E-state index contributed by atoms with van der Waals surface area (Å²) >= 11 is 0. The number of aryl methyl sites for hydroxylation is 1. The van der Waals surface area contributed by atoms with Crippen molar-refractivity contribution in [1.82, 2.24) is 9.78 Å². The maximum absolute atomic E-state index is 5.95. The minimum atomic E-state index is 0.554. The molecular weight excluding hydrogens is 216 g/mol. The molecule has 1 saturated carbocycles. The van der Waals surface area contributed by atoms with Gasteiger partial charge in [-0.3, -0.25) is 4.68 Å². The molecule has 3 rings (SSSR count). The fourth-order valence-electron chi connectivity index (χ4n) is 2.45. The van der Waals surface area contributed by atoms with Gasteiger partial charge in [-0.1, -0.05) is 0 Å². The van der Waals surface area contributed by atoms with Crippen molar-refractivity contribution in [2.24, 2.45) is 5.92 Å². The van der Waals surface area contributed by atoms with Crippen LogP contribution in [0.25, 0.3) is 0 Å². The Bertz CT molecular complexity index is 404. The minimum Gasteiger partial charge on any atom is -0.489 e. The van der Waals surface area contributed by atoms with E-state index in [1.54, 1.807) is 0 Å². The highest BCUT2D eigenvalue weighted by molar-refractivity contribution is 5.32. The van der Waals surface area contributed by atoms with Gasteiger partial charge in [0.05, 0.1) is 24.9 Å². The summed E-state index contributed by atoms with van der Waals surface area (Å²) in [6.45, 7) is 6.63. The first-order valence-corrected chi connectivity index (χ1v) is 6.52. The first-order chi connectivity index (χ1) is 8.25.